The number of carbonyl (C=O) groups is 1. The Morgan fingerprint density at radius 1 is 1.36 bits per heavy atom. The van der Waals surface area contributed by atoms with Gasteiger partial charge < -0.3 is 15.4 Å². The third-order valence-electron chi connectivity index (χ3n) is 1.89. The van der Waals surface area contributed by atoms with E-state index >= 15 is 0 Å². The van der Waals surface area contributed by atoms with Crippen molar-refractivity contribution in [2.45, 2.75) is 20.8 Å². The van der Waals surface area contributed by atoms with Crippen LogP contribution >= 0.6 is 0 Å². The third-order valence-corrected chi connectivity index (χ3v) is 1.89. The lowest BCUT2D eigenvalue weighted by molar-refractivity contribution is -0.140. The van der Waals surface area contributed by atoms with E-state index in [1.54, 1.807) is 12.0 Å². The van der Waals surface area contributed by atoms with Gasteiger partial charge in [0.05, 0.1) is 6.61 Å². The molecule has 14 heavy (non-hydrogen) atoms. The second kappa shape index (κ2) is 5.98. The fraction of sp³-hybridized carbons (Fsp3) is 0.900. The zero-order valence-electron chi connectivity index (χ0n) is 9.67. The van der Waals surface area contributed by atoms with Gasteiger partial charge in [-0.1, -0.05) is 20.8 Å². The number of ether oxygens (including phenoxy) is 1. The summed E-state index contributed by atoms with van der Waals surface area (Å²) < 4.78 is 4.95. The summed E-state index contributed by atoms with van der Waals surface area (Å²) in [5.74, 6) is 0.125. The van der Waals surface area contributed by atoms with Crippen LogP contribution in [-0.4, -0.2) is 44.2 Å². The molecule has 0 aromatic heterocycles. The minimum atomic E-state index is -0.344. The molecule has 0 unspecified atom stereocenters. The van der Waals surface area contributed by atoms with Gasteiger partial charge in [0.15, 0.2) is 0 Å². The highest BCUT2D eigenvalue weighted by Gasteiger charge is 2.26. The van der Waals surface area contributed by atoms with Crippen LogP contribution in [0.3, 0.4) is 0 Å². The Morgan fingerprint density at radius 2 is 1.93 bits per heavy atom. The molecule has 0 rings (SSSR count). The molecule has 0 radical (unpaired) electrons. The summed E-state index contributed by atoms with van der Waals surface area (Å²) in [6.07, 6.45) is 0. The zero-order valence-corrected chi connectivity index (χ0v) is 9.67. The van der Waals surface area contributed by atoms with Gasteiger partial charge in [0.25, 0.3) is 0 Å². The summed E-state index contributed by atoms with van der Waals surface area (Å²) in [4.78, 5) is 13.6. The summed E-state index contributed by atoms with van der Waals surface area (Å²) in [7, 11) is 1.63. The van der Waals surface area contributed by atoms with Crippen molar-refractivity contribution < 1.29 is 9.53 Å². The average Bonchev–Trinajstić information content (AvgIpc) is 2.09. The molecule has 0 spiro atoms. The predicted molar refractivity (Wildman–Crippen MR) is 57.0 cm³/mol. The van der Waals surface area contributed by atoms with Gasteiger partial charge in [-0.15, -0.1) is 0 Å². The molecule has 4 nitrogen and oxygen atoms in total. The van der Waals surface area contributed by atoms with E-state index in [1.165, 1.54) is 0 Å². The highest BCUT2D eigenvalue weighted by Crippen LogP contribution is 2.16. The van der Waals surface area contributed by atoms with Crippen molar-refractivity contribution in [2.24, 2.45) is 11.1 Å². The quantitative estimate of drug-likeness (QED) is 0.705. The maximum absolute atomic E-state index is 11.9. The molecule has 0 aliphatic rings. The van der Waals surface area contributed by atoms with Crippen molar-refractivity contribution in [2.75, 3.05) is 33.4 Å². The second-order valence-corrected chi connectivity index (χ2v) is 4.32. The summed E-state index contributed by atoms with van der Waals surface area (Å²) in [6.45, 7) is 7.99. The molecular weight excluding hydrogens is 180 g/mol. The fourth-order valence-electron chi connectivity index (χ4n) is 1.15. The van der Waals surface area contributed by atoms with Crippen LogP contribution in [0.2, 0.25) is 0 Å². The van der Waals surface area contributed by atoms with Crippen molar-refractivity contribution in [1.82, 2.24) is 4.90 Å². The molecule has 0 aliphatic heterocycles. The molecule has 0 saturated heterocycles. The van der Waals surface area contributed by atoms with E-state index in [0.717, 1.165) is 0 Å². The van der Waals surface area contributed by atoms with Gasteiger partial charge in [0.1, 0.15) is 0 Å². The van der Waals surface area contributed by atoms with Crippen LogP contribution in [0.4, 0.5) is 0 Å². The molecule has 0 atom stereocenters. The predicted octanol–water partition coefficient (Wildman–Crippen LogP) is 0.466. The van der Waals surface area contributed by atoms with Gasteiger partial charge in [0, 0.05) is 32.2 Å². The topological polar surface area (TPSA) is 55.6 Å². The maximum Gasteiger partial charge on any atom is 0.228 e. The van der Waals surface area contributed by atoms with E-state index in [1.807, 2.05) is 20.8 Å². The molecule has 4 heteroatoms. The highest BCUT2D eigenvalue weighted by molar-refractivity contribution is 5.81. The lowest BCUT2D eigenvalue weighted by atomic mass is 9.94. The molecule has 1 amide bonds. The minimum Gasteiger partial charge on any atom is -0.383 e. The number of rotatable bonds is 5. The Balaban J connectivity index is 4.25. The first-order valence-corrected chi connectivity index (χ1v) is 4.92. The standard InChI is InChI=1S/C10H22N2O2/c1-10(2,3)9(13)12(6-5-11)7-8-14-4/h5-8,11H2,1-4H3. The monoisotopic (exact) mass is 202 g/mol. The van der Waals surface area contributed by atoms with E-state index < -0.39 is 0 Å². The van der Waals surface area contributed by atoms with Gasteiger partial charge in [-0.3, -0.25) is 4.79 Å². The SMILES string of the molecule is COCCN(CCN)C(=O)C(C)(C)C. The average molecular weight is 202 g/mol. The first-order chi connectivity index (χ1) is 6.43. The third kappa shape index (κ3) is 4.58. The van der Waals surface area contributed by atoms with Crippen LogP contribution in [0.1, 0.15) is 20.8 Å². The molecule has 0 aliphatic carbocycles. The number of nitrogens with two attached hydrogens (primary N) is 1. The van der Waals surface area contributed by atoms with Crippen molar-refractivity contribution in [3.05, 3.63) is 0 Å². The van der Waals surface area contributed by atoms with Crippen LogP contribution in [-0.2, 0) is 9.53 Å². The molecule has 84 valence electrons. The number of methoxy groups -OCH3 is 1. The van der Waals surface area contributed by atoms with E-state index in [2.05, 4.69) is 0 Å². The first kappa shape index (κ1) is 13.4. The molecular formula is C10H22N2O2. The van der Waals surface area contributed by atoms with Gasteiger partial charge in [0.2, 0.25) is 5.91 Å². The number of carbonyl (C=O) groups excluding carboxylic acids is 1. The largest absolute Gasteiger partial charge is 0.383 e. The molecule has 0 heterocycles. The van der Waals surface area contributed by atoms with Crippen molar-refractivity contribution in [3.63, 3.8) is 0 Å². The van der Waals surface area contributed by atoms with E-state index in [9.17, 15) is 4.79 Å². The van der Waals surface area contributed by atoms with Gasteiger partial charge in [-0.05, 0) is 0 Å². The van der Waals surface area contributed by atoms with Crippen LogP contribution in [0.15, 0.2) is 0 Å². The normalized spacial score (nSPS) is 11.5. The van der Waals surface area contributed by atoms with Crippen LogP contribution < -0.4 is 5.73 Å². The lowest BCUT2D eigenvalue weighted by Crippen LogP contribution is -2.43. The zero-order chi connectivity index (χ0) is 11.2. The van der Waals surface area contributed by atoms with Gasteiger partial charge >= 0.3 is 0 Å². The van der Waals surface area contributed by atoms with Crippen LogP contribution in [0.25, 0.3) is 0 Å². The molecule has 0 saturated carbocycles. The summed E-state index contributed by atoms with van der Waals surface area (Å²) >= 11 is 0. The van der Waals surface area contributed by atoms with E-state index in [-0.39, 0.29) is 11.3 Å². The molecule has 0 bridgehead atoms. The summed E-state index contributed by atoms with van der Waals surface area (Å²) in [5.41, 5.74) is 5.10. The molecule has 0 aromatic carbocycles. The second-order valence-electron chi connectivity index (χ2n) is 4.32. The van der Waals surface area contributed by atoms with Crippen LogP contribution in [0.5, 0.6) is 0 Å². The fourth-order valence-corrected chi connectivity index (χ4v) is 1.15. The number of amides is 1. The Labute approximate surface area is 86.4 Å². The molecule has 0 aromatic rings. The van der Waals surface area contributed by atoms with Crippen LogP contribution in [0, 0.1) is 5.41 Å². The number of hydrogen-bond acceptors (Lipinski definition) is 3. The smallest absolute Gasteiger partial charge is 0.228 e. The lowest BCUT2D eigenvalue weighted by Gasteiger charge is -2.28. The Hall–Kier alpha value is -0.610. The van der Waals surface area contributed by atoms with E-state index in [0.29, 0.717) is 26.2 Å². The van der Waals surface area contributed by atoms with Gasteiger partial charge in [-0.25, -0.2) is 0 Å². The Morgan fingerprint density at radius 3 is 2.29 bits per heavy atom. The highest BCUT2D eigenvalue weighted by atomic mass is 16.5. The summed E-state index contributed by atoms with van der Waals surface area (Å²) in [5, 5.41) is 0. The van der Waals surface area contributed by atoms with Crippen molar-refractivity contribution in [3.8, 4) is 0 Å². The molecule has 0 fully saturated rings. The minimum absolute atomic E-state index is 0.125. The first-order valence-electron chi connectivity index (χ1n) is 4.92. The Bertz CT molecular complexity index is 175. The van der Waals surface area contributed by atoms with Gasteiger partial charge in [-0.2, -0.15) is 0 Å². The van der Waals surface area contributed by atoms with Crippen molar-refractivity contribution >= 4 is 5.91 Å². The molecule has 2 N–H and O–H groups in total. The summed E-state index contributed by atoms with van der Waals surface area (Å²) in [6, 6.07) is 0. The van der Waals surface area contributed by atoms with E-state index in [4.69, 9.17) is 10.5 Å². The number of hydrogen-bond donors (Lipinski definition) is 1. The van der Waals surface area contributed by atoms with Crippen molar-refractivity contribution in [1.29, 1.82) is 0 Å². The maximum atomic E-state index is 11.9. The number of nitrogens with zero attached hydrogens (tertiary/aromatic N) is 1. The Kier molecular flexibility index (Phi) is 5.72.